The second-order valence-corrected chi connectivity index (χ2v) is 5.66. The number of hydrogen-bond donors (Lipinski definition) is 1. The molecular formula is C12H16O6S. The summed E-state index contributed by atoms with van der Waals surface area (Å²) in [5, 5.41) is 7.91. The first-order chi connectivity index (χ1) is 8.95. The van der Waals surface area contributed by atoms with Crippen molar-refractivity contribution in [3.63, 3.8) is 0 Å². The van der Waals surface area contributed by atoms with E-state index in [4.69, 9.17) is 14.3 Å². The Balaban J connectivity index is 2.58. The molecule has 19 heavy (non-hydrogen) atoms. The van der Waals surface area contributed by atoms with Gasteiger partial charge in [0, 0.05) is 10.8 Å². The molecule has 0 spiro atoms. The van der Waals surface area contributed by atoms with Crippen LogP contribution >= 0.6 is 0 Å². The summed E-state index contributed by atoms with van der Waals surface area (Å²) in [6, 6.07) is 2.72. The Hall–Kier alpha value is -1.63. The standard InChI is InChI=1S/C12H16O6S/c1-3-6-17-12(15)8(2)19(16)7-9-4-5-10(18-9)11(13)14/h4-5,8H,3,6-7H2,1-2H3,(H,13,14). The molecule has 6 nitrogen and oxygen atoms in total. The summed E-state index contributed by atoms with van der Waals surface area (Å²) in [4.78, 5) is 22.1. The zero-order valence-electron chi connectivity index (χ0n) is 10.8. The molecule has 0 aromatic carbocycles. The highest BCUT2D eigenvalue weighted by molar-refractivity contribution is 7.85. The maximum Gasteiger partial charge on any atom is 0.371 e. The lowest BCUT2D eigenvalue weighted by Crippen LogP contribution is -2.26. The van der Waals surface area contributed by atoms with Gasteiger partial charge in [-0.2, -0.15) is 0 Å². The molecule has 0 bridgehead atoms. The van der Waals surface area contributed by atoms with Crippen molar-refractivity contribution in [1.82, 2.24) is 0 Å². The van der Waals surface area contributed by atoms with Crippen LogP contribution in [0.3, 0.4) is 0 Å². The molecule has 0 fully saturated rings. The second-order valence-electron chi connectivity index (χ2n) is 3.91. The second kappa shape index (κ2) is 7.08. The summed E-state index contributed by atoms with van der Waals surface area (Å²) in [7, 11) is -1.51. The van der Waals surface area contributed by atoms with E-state index in [-0.39, 0.29) is 17.3 Å². The van der Waals surface area contributed by atoms with Gasteiger partial charge in [-0.3, -0.25) is 9.00 Å². The van der Waals surface area contributed by atoms with Gasteiger partial charge in [-0.25, -0.2) is 4.79 Å². The number of esters is 1. The maximum atomic E-state index is 11.9. The van der Waals surface area contributed by atoms with Crippen LogP contribution in [0.15, 0.2) is 16.5 Å². The average Bonchev–Trinajstić information content (AvgIpc) is 2.83. The number of ether oxygens (including phenoxy) is 1. The van der Waals surface area contributed by atoms with Crippen LogP contribution in [0.4, 0.5) is 0 Å². The van der Waals surface area contributed by atoms with Crippen LogP contribution in [0.1, 0.15) is 36.6 Å². The van der Waals surface area contributed by atoms with Gasteiger partial charge >= 0.3 is 11.9 Å². The summed E-state index contributed by atoms with van der Waals surface area (Å²) in [5.41, 5.74) is 0. The monoisotopic (exact) mass is 288 g/mol. The van der Waals surface area contributed by atoms with Crippen LogP contribution < -0.4 is 0 Å². The molecule has 0 saturated heterocycles. The van der Waals surface area contributed by atoms with Gasteiger partial charge in [0.2, 0.25) is 5.76 Å². The Morgan fingerprint density at radius 1 is 1.47 bits per heavy atom. The fourth-order valence-electron chi connectivity index (χ4n) is 1.26. The molecule has 1 aromatic heterocycles. The number of carbonyl (C=O) groups is 2. The normalized spacial score (nSPS) is 13.8. The number of furan rings is 1. The Kier molecular flexibility index (Phi) is 5.75. The quantitative estimate of drug-likeness (QED) is 0.765. The number of aromatic carboxylic acids is 1. The van der Waals surface area contributed by atoms with Crippen molar-refractivity contribution >= 4 is 22.7 Å². The molecule has 0 radical (unpaired) electrons. The Bertz CT molecular complexity index is 478. The summed E-state index contributed by atoms with van der Waals surface area (Å²) >= 11 is 0. The molecule has 0 aliphatic rings. The van der Waals surface area contributed by atoms with E-state index in [9.17, 15) is 13.8 Å². The molecule has 1 rings (SSSR count). The molecule has 0 amide bonds. The van der Waals surface area contributed by atoms with E-state index in [1.54, 1.807) is 0 Å². The van der Waals surface area contributed by atoms with E-state index in [0.29, 0.717) is 13.0 Å². The summed E-state index contributed by atoms with van der Waals surface area (Å²) in [5.74, 6) is -1.67. The number of carboxylic acid groups (broad SMARTS) is 1. The lowest BCUT2D eigenvalue weighted by molar-refractivity contribution is -0.142. The first-order valence-corrected chi connectivity index (χ1v) is 7.19. The molecule has 0 aliphatic carbocycles. The molecule has 106 valence electrons. The minimum atomic E-state index is -1.51. The van der Waals surface area contributed by atoms with Crippen molar-refractivity contribution in [3.8, 4) is 0 Å². The highest BCUT2D eigenvalue weighted by Gasteiger charge is 2.23. The molecule has 1 aromatic rings. The Morgan fingerprint density at radius 3 is 2.68 bits per heavy atom. The SMILES string of the molecule is CCCOC(=O)C(C)S(=O)Cc1ccc(C(=O)O)o1. The van der Waals surface area contributed by atoms with Crippen molar-refractivity contribution in [1.29, 1.82) is 0 Å². The van der Waals surface area contributed by atoms with Gasteiger partial charge in [0.25, 0.3) is 0 Å². The van der Waals surface area contributed by atoms with Crippen LogP contribution in [-0.4, -0.2) is 33.1 Å². The van der Waals surface area contributed by atoms with Crippen molar-refractivity contribution in [2.75, 3.05) is 6.61 Å². The predicted molar refractivity (Wildman–Crippen MR) is 68.2 cm³/mol. The topological polar surface area (TPSA) is 93.8 Å². The minimum absolute atomic E-state index is 0.0182. The largest absolute Gasteiger partial charge is 0.475 e. The summed E-state index contributed by atoms with van der Waals surface area (Å²) < 4.78 is 21.8. The molecule has 1 heterocycles. The van der Waals surface area contributed by atoms with Gasteiger partial charge < -0.3 is 14.3 Å². The van der Waals surface area contributed by atoms with E-state index < -0.39 is 28.0 Å². The van der Waals surface area contributed by atoms with Gasteiger partial charge in [-0.15, -0.1) is 0 Å². The average molecular weight is 288 g/mol. The van der Waals surface area contributed by atoms with E-state index >= 15 is 0 Å². The fraction of sp³-hybridized carbons (Fsp3) is 0.500. The minimum Gasteiger partial charge on any atom is -0.475 e. The van der Waals surface area contributed by atoms with Crippen LogP contribution in [0.25, 0.3) is 0 Å². The molecule has 1 N–H and O–H groups in total. The predicted octanol–water partition coefficient (Wildman–Crippen LogP) is 1.57. The van der Waals surface area contributed by atoms with Crippen LogP contribution in [0.2, 0.25) is 0 Å². The van der Waals surface area contributed by atoms with Crippen molar-refractivity contribution in [2.24, 2.45) is 0 Å². The number of rotatable bonds is 7. The third-order valence-electron chi connectivity index (χ3n) is 2.33. The Labute approximate surface area is 113 Å². The molecular weight excluding hydrogens is 272 g/mol. The third kappa shape index (κ3) is 4.51. The first-order valence-electron chi connectivity index (χ1n) is 5.81. The van der Waals surface area contributed by atoms with Crippen LogP contribution in [0.5, 0.6) is 0 Å². The third-order valence-corrected chi connectivity index (χ3v) is 3.88. The fourth-order valence-corrected chi connectivity index (χ4v) is 2.23. The van der Waals surface area contributed by atoms with Crippen molar-refractivity contribution in [2.45, 2.75) is 31.3 Å². The van der Waals surface area contributed by atoms with E-state index in [1.807, 2.05) is 6.92 Å². The highest BCUT2D eigenvalue weighted by Crippen LogP contribution is 2.13. The summed E-state index contributed by atoms with van der Waals surface area (Å²) in [6.45, 7) is 3.67. The number of hydrogen-bond acceptors (Lipinski definition) is 5. The zero-order chi connectivity index (χ0) is 14.4. The molecule has 2 unspecified atom stereocenters. The van der Waals surface area contributed by atoms with Crippen molar-refractivity contribution in [3.05, 3.63) is 23.7 Å². The molecule has 0 aliphatic heterocycles. The van der Waals surface area contributed by atoms with E-state index in [2.05, 4.69) is 0 Å². The highest BCUT2D eigenvalue weighted by atomic mass is 32.2. The molecule has 7 heteroatoms. The number of carbonyl (C=O) groups excluding carboxylic acids is 1. The lowest BCUT2D eigenvalue weighted by atomic mass is 10.4. The van der Waals surface area contributed by atoms with Crippen molar-refractivity contribution < 1.29 is 28.1 Å². The number of carboxylic acids is 1. The van der Waals surface area contributed by atoms with E-state index in [0.717, 1.165) is 0 Å². The Morgan fingerprint density at radius 2 is 2.16 bits per heavy atom. The lowest BCUT2D eigenvalue weighted by Gasteiger charge is -2.09. The van der Waals surface area contributed by atoms with Gasteiger partial charge in [-0.05, 0) is 25.5 Å². The van der Waals surface area contributed by atoms with Gasteiger partial charge in [-0.1, -0.05) is 6.92 Å². The molecule has 0 saturated carbocycles. The van der Waals surface area contributed by atoms with Gasteiger partial charge in [0.05, 0.1) is 12.4 Å². The van der Waals surface area contributed by atoms with Gasteiger partial charge in [0.1, 0.15) is 11.0 Å². The van der Waals surface area contributed by atoms with Crippen LogP contribution in [0, 0.1) is 0 Å². The first kappa shape index (κ1) is 15.4. The van der Waals surface area contributed by atoms with E-state index in [1.165, 1.54) is 19.1 Å². The molecule has 2 atom stereocenters. The smallest absolute Gasteiger partial charge is 0.371 e. The van der Waals surface area contributed by atoms with Gasteiger partial charge in [0.15, 0.2) is 0 Å². The zero-order valence-corrected chi connectivity index (χ0v) is 11.6. The maximum absolute atomic E-state index is 11.9. The van der Waals surface area contributed by atoms with Crippen LogP contribution in [-0.2, 0) is 26.1 Å². The summed E-state index contributed by atoms with van der Waals surface area (Å²) in [6.07, 6.45) is 0.700.